The summed E-state index contributed by atoms with van der Waals surface area (Å²) in [6, 6.07) is 0. The van der Waals surface area contributed by atoms with Crippen molar-refractivity contribution in [2.75, 3.05) is 0 Å². The van der Waals surface area contributed by atoms with Crippen molar-refractivity contribution in [2.45, 2.75) is 0 Å². The van der Waals surface area contributed by atoms with Crippen molar-refractivity contribution in [3.63, 3.8) is 0 Å². The number of nitrogens with one attached hydrogen (secondary N) is 1. The predicted octanol–water partition coefficient (Wildman–Crippen LogP) is -1.76. The van der Waals surface area contributed by atoms with E-state index in [0.29, 0.717) is 0 Å². The predicted molar refractivity (Wildman–Crippen MR) is 37.4 cm³/mol. The molecule has 0 radical (unpaired) electrons. The monoisotopic (exact) mass is 305 g/mol. The van der Waals surface area contributed by atoms with Crippen LogP contribution in [-0.2, 0) is 0 Å². The Morgan fingerprint density at radius 1 is 0.889 bits per heavy atom. The number of rotatable bonds is 2. The summed E-state index contributed by atoms with van der Waals surface area (Å²) in [6.07, 6.45) is -6.79. The molecular weight excluding hydrogens is 298 g/mol. The zero-order chi connectivity index (χ0) is 7.71. The van der Waals surface area contributed by atoms with E-state index in [1.165, 1.54) is 0 Å². The standard InChI is InChI=1S/H5NO4P2Se2/c2-6(3,8)1-7(4,5)9/h(H5,1,2,3,4,5,8,9). The van der Waals surface area contributed by atoms with E-state index in [0.717, 1.165) is 0 Å². The third kappa shape index (κ3) is 9.70. The SMILES string of the molecule is OP(O)(=[Se])NP(O)(O)=[Se]. The first kappa shape index (κ1) is 10.7. The van der Waals surface area contributed by atoms with Gasteiger partial charge in [0.2, 0.25) is 0 Å². The molecule has 0 aromatic heterocycles. The van der Waals surface area contributed by atoms with E-state index in [-0.39, 0.29) is 0 Å². The molecular formula is H5NO4P2Se2. The van der Waals surface area contributed by atoms with Crippen LogP contribution in [0.3, 0.4) is 0 Å². The van der Waals surface area contributed by atoms with Crippen LogP contribution >= 0.6 is 12.2 Å². The van der Waals surface area contributed by atoms with Crippen molar-refractivity contribution in [1.82, 2.24) is 4.86 Å². The van der Waals surface area contributed by atoms with E-state index in [9.17, 15) is 0 Å². The Labute approximate surface area is 67.0 Å². The third-order valence-corrected chi connectivity index (χ3v) is 5.43. The van der Waals surface area contributed by atoms with Gasteiger partial charge in [0, 0.05) is 0 Å². The Bertz CT molecular complexity index is 157. The molecule has 0 rings (SSSR count). The fourth-order valence-electron chi connectivity index (χ4n) is 0.170. The van der Waals surface area contributed by atoms with Gasteiger partial charge in [-0.3, -0.25) is 0 Å². The Kier molecular flexibility index (Phi) is 4.04. The van der Waals surface area contributed by atoms with Gasteiger partial charge in [-0.15, -0.1) is 0 Å². The normalized spacial score (nSPS) is 13.8. The van der Waals surface area contributed by atoms with Gasteiger partial charge in [0.25, 0.3) is 0 Å². The minimum absolute atomic E-state index is 1.79. The second-order valence-corrected chi connectivity index (χ2v) is 10.6. The Balaban J connectivity index is 4.07. The van der Waals surface area contributed by atoms with Gasteiger partial charge < -0.3 is 0 Å². The molecule has 56 valence electrons. The maximum absolute atomic E-state index is 8.54. The van der Waals surface area contributed by atoms with E-state index in [1.54, 1.807) is 4.86 Å². The topological polar surface area (TPSA) is 93.0 Å². The molecule has 5 N–H and O–H groups in total. The first-order chi connectivity index (χ1) is 3.71. The van der Waals surface area contributed by atoms with Crippen LogP contribution < -0.4 is 4.86 Å². The molecule has 0 saturated heterocycles. The molecule has 0 spiro atoms. The molecule has 0 bridgehead atoms. The number of hydrogen-bond acceptors (Lipinski definition) is 5. The summed E-state index contributed by atoms with van der Waals surface area (Å²) >= 11 is 3.94. The summed E-state index contributed by atoms with van der Waals surface area (Å²) in [5, 5.41) is 0. The van der Waals surface area contributed by atoms with Gasteiger partial charge in [-0.25, -0.2) is 0 Å². The van der Waals surface area contributed by atoms with E-state index in [1.807, 2.05) is 30.2 Å². The molecule has 0 aliphatic rings. The zero-order valence-electron chi connectivity index (χ0n) is 4.00. The molecule has 0 atom stereocenters. The van der Waals surface area contributed by atoms with Crippen molar-refractivity contribution in [3.05, 3.63) is 0 Å². The molecule has 0 aromatic rings. The molecule has 9 heavy (non-hydrogen) atoms. The van der Waals surface area contributed by atoms with Gasteiger partial charge in [-0.2, -0.15) is 0 Å². The van der Waals surface area contributed by atoms with Crippen molar-refractivity contribution in [2.24, 2.45) is 0 Å². The van der Waals surface area contributed by atoms with Gasteiger partial charge in [0.15, 0.2) is 0 Å². The first-order valence-electron chi connectivity index (χ1n) is 1.61. The van der Waals surface area contributed by atoms with Gasteiger partial charge in [0.05, 0.1) is 0 Å². The average molecular weight is 303 g/mol. The van der Waals surface area contributed by atoms with Crippen molar-refractivity contribution in [3.8, 4) is 0 Å². The van der Waals surface area contributed by atoms with Crippen LogP contribution in [0.15, 0.2) is 0 Å². The molecule has 0 aliphatic carbocycles. The van der Waals surface area contributed by atoms with E-state index >= 15 is 0 Å². The van der Waals surface area contributed by atoms with Gasteiger partial charge in [0.1, 0.15) is 0 Å². The molecule has 0 fully saturated rings. The fourth-order valence-corrected chi connectivity index (χ4v) is 8.19. The molecule has 0 aromatic carbocycles. The first-order valence-corrected chi connectivity index (χ1v) is 9.43. The maximum atomic E-state index is 8.54. The van der Waals surface area contributed by atoms with E-state index in [4.69, 9.17) is 19.6 Å². The van der Waals surface area contributed by atoms with Crippen molar-refractivity contribution >= 4 is 42.4 Å². The molecule has 0 amide bonds. The summed E-state index contributed by atoms with van der Waals surface area (Å²) < 4.78 is 0. The van der Waals surface area contributed by atoms with E-state index < -0.39 is 12.2 Å². The summed E-state index contributed by atoms with van der Waals surface area (Å²) in [7, 11) is 0. The molecule has 0 unspecified atom stereocenters. The summed E-state index contributed by atoms with van der Waals surface area (Å²) in [5.41, 5.74) is 0. The second-order valence-electron chi connectivity index (χ2n) is 1.19. The van der Waals surface area contributed by atoms with Crippen LogP contribution in [0.1, 0.15) is 0 Å². The van der Waals surface area contributed by atoms with Crippen LogP contribution in [0.4, 0.5) is 0 Å². The Hall–Kier alpha value is 1.70. The summed E-state index contributed by atoms with van der Waals surface area (Å²) in [6.45, 7) is 0. The van der Waals surface area contributed by atoms with Crippen molar-refractivity contribution in [1.29, 1.82) is 0 Å². The molecule has 5 nitrogen and oxygen atoms in total. The van der Waals surface area contributed by atoms with Crippen LogP contribution in [0.25, 0.3) is 0 Å². The van der Waals surface area contributed by atoms with Gasteiger partial charge in [-0.1, -0.05) is 0 Å². The summed E-state index contributed by atoms with van der Waals surface area (Å²) in [5.74, 6) is 0. The van der Waals surface area contributed by atoms with Gasteiger partial charge in [-0.05, 0) is 0 Å². The van der Waals surface area contributed by atoms with E-state index in [2.05, 4.69) is 0 Å². The van der Waals surface area contributed by atoms with Crippen LogP contribution in [-0.4, -0.2) is 49.8 Å². The quantitative estimate of drug-likeness (QED) is 0.308. The molecule has 0 saturated carbocycles. The third-order valence-electron chi connectivity index (χ3n) is 0.261. The number of hydrogen-bond donors (Lipinski definition) is 5. The summed E-state index contributed by atoms with van der Waals surface area (Å²) in [4.78, 5) is 36.0. The van der Waals surface area contributed by atoms with Gasteiger partial charge >= 0.3 is 66.9 Å². The molecule has 0 aliphatic heterocycles. The van der Waals surface area contributed by atoms with Crippen molar-refractivity contribution < 1.29 is 19.6 Å². The Morgan fingerprint density at radius 2 is 1.11 bits per heavy atom. The average Bonchev–Trinajstić information content (AvgIpc) is 1.14. The van der Waals surface area contributed by atoms with Crippen LogP contribution in [0.2, 0.25) is 0 Å². The molecule has 0 heterocycles. The Morgan fingerprint density at radius 3 is 1.11 bits per heavy atom. The fraction of sp³-hybridized carbons (Fsp3) is 0. The zero-order valence-corrected chi connectivity index (χ0v) is 9.21. The minimum atomic E-state index is -3.39. The van der Waals surface area contributed by atoms with Crippen LogP contribution in [0, 0.1) is 0 Å². The molecule has 9 heteroatoms. The second kappa shape index (κ2) is 3.40. The van der Waals surface area contributed by atoms with Crippen LogP contribution in [0.5, 0.6) is 0 Å².